The molecule has 1 aromatic rings. The third-order valence-corrected chi connectivity index (χ3v) is 3.12. The van der Waals surface area contributed by atoms with Crippen molar-refractivity contribution in [1.29, 1.82) is 0 Å². The Morgan fingerprint density at radius 2 is 1.94 bits per heavy atom. The highest BCUT2D eigenvalue weighted by molar-refractivity contribution is 6.18. The van der Waals surface area contributed by atoms with Crippen LogP contribution in [-0.4, -0.2) is 12.5 Å². The van der Waals surface area contributed by atoms with Gasteiger partial charge in [0.25, 0.3) is 0 Å². The van der Waals surface area contributed by atoms with Gasteiger partial charge in [0.2, 0.25) is 0 Å². The second-order valence-electron chi connectivity index (χ2n) is 4.11. The van der Waals surface area contributed by atoms with Gasteiger partial charge in [-0.3, -0.25) is 0 Å². The summed E-state index contributed by atoms with van der Waals surface area (Å²) < 4.78 is 5.64. The van der Waals surface area contributed by atoms with Crippen LogP contribution in [0, 0.1) is 5.92 Å². The minimum absolute atomic E-state index is 0.658. The number of hydrogen-bond acceptors (Lipinski definition) is 1. The van der Waals surface area contributed by atoms with E-state index in [9.17, 15) is 0 Å². The van der Waals surface area contributed by atoms with Gasteiger partial charge >= 0.3 is 0 Å². The maximum absolute atomic E-state index is 5.90. The summed E-state index contributed by atoms with van der Waals surface area (Å²) in [5, 5.41) is 0. The Balaban J connectivity index is 2.11. The molecule has 0 bridgehead atoms. The molecule has 1 atom stereocenters. The number of para-hydroxylation sites is 1. The number of ether oxygens (including phenoxy) is 1. The van der Waals surface area contributed by atoms with Gasteiger partial charge in [-0.15, -0.1) is 11.6 Å². The molecule has 1 aromatic carbocycles. The molecule has 0 saturated carbocycles. The fraction of sp³-hybridized carbons (Fsp3) is 0.571. The molecule has 1 unspecified atom stereocenters. The van der Waals surface area contributed by atoms with E-state index < -0.39 is 0 Å². The van der Waals surface area contributed by atoms with Crippen molar-refractivity contribution in [2.75, 3.05) is 12.5 Å². The average Bonchev–Trinajstić information content (AvgIpc) is 2.34. The van der Waals surface area contributed by atoms with Crippen LogP contribution in [0.3, 0.4) is 0 Å². The number of halogens is 1. The molecular formula is C14H21ClO. The van der Waals surface area contributed by atoms with E-state index in [0.29, 0.717) is 5.92 Å². The van der Waals surface area contributed by atoms with Crippen LogP contribution >= 0.6 is 11.6 Å². The Labute approximate surface area is 104 Å². The largest absolute Gasteiger partial charge is 0.494 e. The molecule has 0 aliphatic rings. The lowest BCUT2D eigenvalue weighted by molar-refractivity contribution is 0.293. The first-order valence-electron chi connectivity index (χ1n) is 6.10. The highest BCUT2D eigenvalue weighted by Gasteiger charge is 2.05. The molecule has 0 aliphatic heterocycles. The summed E-state index contributed by atoms with van der Waals surface area (Å²) in [6, 6.07) is 9.97. The fourth-order valence-electron chi connectivity index (χ4n) is 1.79. The topological polar surface area (TPSA) is 9.23 Å². The first-order valence-corrected chi connectivity index (χ1v) is 6.64. The van der Waals surface area contributed by atoms with E-state index in [-0.39, 0.29) is 0 Å². The molecule has 1 nitrogen and oxygen atoms in total. The maximum Gasteiger partial charge on any atom is 0.119 e. The van der Waals surface area contributed by atoms with Crippen molar-refractivity contribution in [3.05, 3.63) is 30.3 Å². The van der Waals surface area contributed by atoms with Crippen LogP contribution in [0.5, 0.6) is 5.75 Å². The summed E-state index contributed by atoms with van der Waals surface area (Å²) in [6.45, 7) is 3.00. The molecule has 2 heteroatoms. The summed E-state index contributed by atoms with van der Waals surface area (Å²) in [5.74, 6) is 2.39. The first-order chi connectivity index (χ1) is 7.86. The molecule has 0 spiro atoms. The van der Waals surface area contributed by atoms with Crippen LogP contribution in [0.15, 0.2) is 30.3 Å². The zero-order valence-electron chi connectivity index (χ0n) is 9.99. The fourth-order valence-corrected chi connectivity index (χ4v) is 2.09. The van der Waals surface area contributed by atoms with Crippen LogP contribution in [0.25, 0.3) is 0 Å². The second kappa shape index (κ2) is 8.46. The zero-order valence-corrected chi connectivity index (χ0v) is 10.7. The third-order valence-electron chi connectivity index (χ3n) is 2.68. The second-order valence-corrected chi connectivity index (χ2v) is 4.42. The van der Waals surface area contributed by atoms with Crippen molar-refractivity contribution in [1.82, 2.24) is 0 Å². The number of benzene rings is 1. The van der Waals surface area contributed by atoms with Crippen molar-refractivity contribution in [2.24, 2.45) is 5.92 Å². The maximum atomic E-state index is 5.90. The lowest BCUT2D eigenvalue weighted by Gasteiger charge is -2.12. The summed E-state index contributed by atoms with van der Waals surface area (Å²) >= 11 is 5.90. The molecule has 0 N–H and O–H groups in total. The molecule has 1 rings (SSSR count). The van der Waals surface area contributed by atoms with Crippen LogP contribution < -0.4 is 4.74 Å². The highest BCUT2D eigenvalue weighted by atomic mass is 35.5. The summed E-state index contributed by atoms with van der Waals surface area (Å²) in [5.41, 5.74) is 0. The van der Waals surface area contributed by atoms with Crippen molar-refractivity contribution in [3.8, 4) is 5.75 Å². The Bertz CT molecular complexity index is 261. The zero-order chi connectivity index (χ0) is 11.6. The lowest BCUT2D eigenvalue weighted by atomic mass is 10.0. The van der Waals surface area contributed by atoms with Gasteiger partial charge in [-0.05, 0) is 37.3 Å². The van der Waals surface area contributed by atoms with Crippen LogP contribution in [0.2, 0.25) is 0 Å². The Hall–Kier alpha value is -0.690. The van der Waals surface area contributed by atoms with Gasteiger partial charge in [0.05, 0.1) is 6.61 Å². The third kappa shape index (κ3) is 5.41. The lowest BCUT2D eigenvalue weighted by Crippen LogP contribution is -2.05. The molecule has 0 aromatic heterocycles. The van der Waals surface area contributed by atoms with Gasteiger partial charge in [0.1, 0.15) is 5.75 Å². The van der Waals surface area contributed by atoms with Gasteiger partial charge in [0, 0.05) is 5.88 Å². The molecule has 0 amide bonds. The SMILES string of the molecule is CCCC(CCl)CCCOc1ccccc1. The van der Waals surface area contributed by atoms with E-state index in [0.717, 1.165) is 24.7 Å². The van der Waals surface area contributed by atoms with E-state index in [1.165, 1.54) is 19.3 Å². The number of alkyl halides is 1. The monoisotopic (exact) mass is 240 g/mol. The van der Waals surface area contributed by atoms with E-state index >= 15 is 0 Å². The Morgan fingerprint density at radius 3 is 2.56 bits per heavy atom. The van der Waals surface area contributed by atoms with Crippen molar-refractivity contribution < 1.29 is 4.74 Å². The molecule has 0 radical (unpaired) electrons. The molecule has 0 saturated heterocycles. The van der Waals surface area contributed by atoms with Crippen molar-refractivity contribution in [3.63, 3.8) is 0 Å². The summed E-state index contributed by atoms with van der Waals surface area (Å²) in [7, 11) is 0. The normalized spacial score (nSPS) is 12.4. The van der Waals surface area contributed by atoms with E-state index in [1.54, 1.807) is 0 Å². The molecule has 0 aliphatic carbocycles. The first kappa shape index (κ1) is 13.4. The van der Waals surface area contributed by atoms with Crippen molar-refractivity contribution >= 4 is 11.6 Å². The Morgan fingerprint density at radius 1 is 1.19 bits per heavy atom. The predicted octanol–water partition coefficient (Wildman–Crippen LogP) is 4.50. The number of rotatable bonds is 8. The van der Waals surface area contributed by atoms with Crippen LogP contribution in [0.4, 0.5) is 0 Å². The van der Waals surface area contributed by atoms with E-state index in [4.69, 9.17) is 16.3 Å². The molecule has 0 fully saturated rings. The molecule has 90 valence electrons. The smallest absolute Gasteiger partial charge is 0.119 e. The standard InChI is InChI=1S/C14H21ClO/c1-2-7-13(12-15)8-6-11-16-14-9-4-3-5-10-14/h3-5,9-10,13H,2,6-8,11-12H2,1H3. The minimum Gasteiger partial charge on any atom is -0.494 e. The molecule has 0 heterocycles. The van der Waals surface area contributed by atoms with Gasteiger partial charge in [-0.25, -0.2) is 0 Å². The van der Waals surface area contributed by atoms with Gasteiger partial charge in [-0.1, -0.05) is 31.5 Å². The number of hydrogen-bond donors (Lipinski definition) is 0. The van der Waals surface area contributed by atoms with Gasteiger partial charge < -0.3 is 4.74 Å². The molecule has 16 heavy (non-hydrogen) atoms. The molecular weight excluding hydrogens is 220 g/mol. The van der Waals surface area contributed by atoms with E-state index in [1.807, 2.05) is 30.3 Å². The highest BCUT2D eigenvalue weighted by Crippen LogP contribution is 2.16. The van der Waals surface area contributed by atoms with Crippen LogP contribution in [-0.2, 0) is 0 Å². The van der Waals surface area contributed by atoms with Crippen LogP contribution in [0.1, 0.15) is 32.6 Å². The Kier molecular flexibility index (Phi) is 7.07. The van der Waals surface area contributed by atoms with Crippen molar-refractivity contribution in [2.45, 2.75) is 32.6 Å². The summed E-state index contributed by atoms with van der Waals surface area (Å²) in [4.78, 5) is 0. The van der Waals surface area contributed by atoms with Gasteiger partial charge in [-0.2, -0.15) is 0 Å². The predicted molar refractivity (Wildman–Crippen MR) is 70.3 cm³/mol. The average molecular weight is 241 g/mol. The van der Waals surface area contributed by atoms with E-state index in [2.05, 4.69) is 6.92 Å². The quantitative estimate of drug-likeness (QED) is 0.480. The minimum atomic E-state index is 0.658. The summed E-state index contributed by atoms with van der Waals surface area (Å²) in [6.07, 6.45) is 4.71. The van der Waals surface area contributed by atoms with Gasteiger partial charge in [0.15, 0.2) is 0 Å².